The third kappa shape index (κ3) is 5.02. The van der Waals surface area contributed by atoms with Crippen molar-refractivity contribution < 1.29 is 4.79 Å². The maximum absolute atomic E-state index is 11.3. The summed E-state index contributed by atoms with van der Waals surface area (Å²) in [7, 11) is 3.61. The number of amides is 1. The lowest BCUT2D eigenvalue weighted by atomic mass is 10.1. The van der Waals surface area contributed by atoms with Gasteiger partial charge in [-0.05, 0) is 19.8 Å². The number of aryl methyl sites for hydroxylation is 2. The Morgan fingerprint density at radius 2 is 2.06 bits per heavy atom. The van der Waals surface area contributed by atoms with Crippen molar-refractivity contribution in [1.82, 2.24) is 14.5 Å². The van der Waals surface area contributed by atoms with Gasteiger partial charge in [0, 0.05) is 33.3 Å². The molecule has 0 saturated heterocycles. The number of unbranched alkanes of at least 4 members (excludes halogenated alkanes) is 3. The lowest BCUT2D eigenvalue weighted by molar-refractivity contribution is -0.128. The summed E-state index contributed by atoms with van der Waals surface area (Å²) in [5, 5.41) is 0. The Balaban J connectivity index is 2.02. The highest BCUT2D eigenvalue weighted by Crippen LogP contribution is 2.06. The van der Waals surface area contributed by atoms with Crippen molar-refractivity contribution in [3.63, 3.8) is 0 Å². The fourth-order valence-corrected chi connectivity index (χ4v) is 1.71. The third-order valence-corrected chi connectivity index (χ3v) is 2.89. The van der Waals surface area contributed by atoms with Crippen LogP contribution in [0.1, 0.15) is 37.9 Å². The van der Waals surface area contributed by atoms with E-state index in [9.17, 15) is 4.79 Å². The summed E-state index contributed by atoms with van der Waals surface area (Å²) < 4.78 is 2.12. The second-order valence-corrected chi connectivity index (χ2v) is 4.56. The van der Waals surface area contributed by atoms with Crippen molar-refractivity contribution in [2.45, 2.75) is 45.6 Å². The number of imidazole rings is 1. The fraction of sp³-hybridized carbons (Fsp3) is 0.692. The van der Waals surface area contributed by atoms with Crippen molar-refractivity contribution >= 4 is 5.91 Å². The van der Waals surface area contributed by atoms with Gasteiger partial charge in [0.1, 0.15) is 12.0 Å². The molecule has 4 nitrogen and oxygen atoms in total. The van der Waals surface area contributed by atoms with Crippen molar-refractivity contribution in [2.75, 3.05) is 14.1 Å². The van der Waals surface area contributed by atoms with E-state index >= 15 is 0 Å². The molecule has 0 aliphatic carbocycles. The van der Waals surface area contributed by atoms with Crippen molar-refractivity contribution in [3.8, 4) is 0 Å². The molecule has 1 amide bonds. The van der Waals surface area contributed by atoms with Crippen molar-refractivity contribution in [3.05, 3.63) is 18.2 Å². The van der Waals surface area contributed by atoms with Crippen LogP contribution >= 0.6 is 0 Å². The van der Waals surface area contributed by atoms with Gasteiger partial charge in [0.05, 0.1) is 0 Å². The van der Waals surface area contributed by atoms with Crippen molar-refractivity contribution in [2.24, 2.45) is 0 Å². The van der Waals surface area contributed by atoms with E-state index in [-0.39, 0.29) is 5.91 Å². The summed E-state index contributed by atoms with van der Waals surface area (Å²) in [4.78, 5) is 17.0. The van der Waals surface area contributed by atoms with Gasteiger partial charge >= 0.3 is 0 Å². The van der Waals surface area contributed by atoms with E-state index in [0.29, 0.717) is 6.42 Å². The third-order valence-electron chi connectivity index (χ3n) is 2.89. The molecule has 1 rings (SSSR count). The molecule has 0 N–H and O–H groups in total. The predicted molar refractivity (Wildman–Crippen MR) is 67.6 cm³/mol. The van der Waals surface area contributed by atoms with Crippen LogP contribution in [0, 0.1) is 13.1 Å². The minimum atomic E-state index is 0.227. The highest BCUT2D eigenvalue weighted by Gasteiger charge is 2.02. The lowest BCUT2D eigenvalue weighted by Crippen LogP contribution is -2.20. The zero-order valence-corrected chi connectivity index (χ0v) is 11.1. The van der Waals surface area contributed by atoms with Crippen LogP contribution in [-0.2, 0) is 11.3 Å². The molecule has 0 aliphatic heterocycles. The number of hydrogen-bond acceptors (Lipinski definition) is 2. The van der Waals surface area contributed by atoms with E-state index in [1.807, 2.05) is 13.1 Å². The van der Waals surface area contributed by atoms with Gasteiger partial charge in [0.15, 0.2) is 0 Å². The highest BCUT2D eigenvalue weighted by atomic mass is 16.2. The number of aromatic nitrogens is 2. The van der Waals surface area contributed by atoms with Crippen molar-refractivity contribution in [1.29, 1.82) is 0 Å². The first-order valence-electron chi connectivity index (χ1n) is 6.21. The van der Waals surface area contributed by atoms with Crippen LogP contribution in [0.4, 0.5) is 0 Å². The second kappa shape index (κ2) is 7.09. The standard InChI is InChI=1S/C13H22N3O/c1-12-14-9-11-16(12)10-7-5-4-6-8-13(17)15(2)3/h11H,4-8,10H2,1-3H3. The molecule has 17 heavy (non-hydrogen) atoms. The molecule has 1 radical (unpaired) electrons. The van der Waals surface area contributed by atoms with E-state index in [1.54, 1.807) is 19.0 Å². The van der Waals surface area contributed by atoms with Gasteiger partial charge in [-0.2, -0.15) is 0 Å². The maximum Gasteiger partial charge on any atom is 0.222 e. The van der Waals surface area contributed by atoms with Crippen LogP contribution in [0.2, 0.25) is 0 Å². The predicted octanol–water partition coefficient (Wildman–Crippen LogP) is 2.03. The lowest BCUT2D eigenvalue weighted by Gasteiger charge is -2.09. The quantitative estimate of drug-likeness (QED) is 0.679. The van der Waals surface area contributed by atoms with Crippen LogP contribution in [-0.4, -0.2) is 34.5 Å². The van der Waals surface area contributed by atoms with E-state index in [2.05, 4.69) is 15.7 Å². The monoisotopic (exact) mass is 236 g/mol. The van der Waals surface area contributed by atoms with Crippen LogP contribution < -0.4 is 0 Å². The van der Waals surface area contributed by atoms with E-state index < -0.39 is 0 Å². The smallest absolute Gasteiger partial charge is 0.222 e. The molecular formula is C13H22N3O. The number of nitrogens with zero attached hydrogens (tertiary/aromatic N) is 3. The summed E-state index contributed by atoms with van der Waals surface area (Å²) in [6, 6.07) is 0. The van der Waals surface area contributed by atoms with Gasteiger partial charge in [-0.15, -0.1) is 0 Å². The molecule has 0 spiro atoms. The highest BCUT2D eigenvalue weighted by molar-refractivity contribution is 5.75. The second-order valence-electron chi connectivity index (χ2n) is 4.56. The molecule has 0 fully saturated rings. The first-order chi connectivity index (χ1) is 8.11. The summed E-state index contributed by atoms with van der Waals surface area (Å²) in [5.74, 6) is 1.25. The molecule has 0 aliphatic rings. The fourth-order valence-electron chi connectivity index (χ4n) is 1.71. The Hall–Kier alpha value is -1.32. The van der Waals surface area contributed by atoms with Gasteiger partial charge in [0.25, 0.3) is 0 Å². The zero-order chi connectivity index (χ0) is 12.7. The molecule has 1 heterocycles. The van der Waals surface area contributed by atoms with E-state index in [0.717, 1.165) is 31.6 Å². The Labute approximate surface area is 104 Å². The largest absolute Gasteiger partial charge is 0.349 e. The summed E-state index contributed by atoms with van der Waals surface area (Å²) >= 11 is 0. The molecule has 0 saturated carbocycles. The number of rotatable bonds is 7. The molecule has 4 heteroatoms. The molecule has 0 atom stereocenters. The summed E-state index contributed by atoms with van der Waals surface area (Å²) in [6.45, 7) is 3.00. The van der Waals surface area contributed by atoms with Crippen LogP contribution in [0.5, 0.6) is 0 Å². The number of hydrogen-bond donors (Lipinski definition) is 0. The molecule has 0 unspecified atom stereocenters. The Bertz CT molecular complexity index is 344. The van der Waals surface area contributed by atoms with E-state index in [4.69, 9.17) is 0 Å². The van der Waals surface area contributed by atoms with Crippen LogP contribution in [0.25, 0.3) is 0 Å². The molecule has 95 valence electrons. The average molecular weight is 236 g/mol. The Morgan fingerprint density at radius 3 is 2.65 bits per heavy atom. The maximum atomic E-state index is 11.3. The minimum absolute atomic E-state index is 0.227. The van der Waals surface area contributed by atoms with Gasteiger partial charge < -0.3 is 9.47 Å². The van der Waals surface area contributed by atoms with E-state index in [1.165, 1.54) is 6.42 Å². The summed E-state index contributed by atoms with van der Waals surface area (Å²) in [5.41, 5.74) is 0. The molecule has 0 bridgehead atoms. The average Bonchev–Trinajstić information content (AvgIpc) is 2.68. The summed E-state index contributed by atoms with van der Waals surface area (Å²) in [6.07, 6.45) is 9.82. The van der Waals surface area contributed by atoms with Crippen LogP contribution in [0.15, 0.2) is 6.20 Å². The molecular weight excluding hydrogens is 214 g/mol. The normalized spacial score (nSPS) is 10.5. The molecule has 1 aromatic heterocycles. The zero-order valence-electron chi connectivity index (χ0n) is 11.1. The minimum Gasteiger partial charge on any atom is -0.349 e. The SMILES string of the molecule is Cc1n[c]cn1CCCCCCC(=O)N(C)C. The Kier molecular flexibility index (Phi) is 5.73. The first kappa shape index (κ1) is 13.7. The Morgan fingerprint density at radius 1 is 1.35 bits per heavy atom. The van der Waals surface area contributed by atoms with Crippen LogP contribution in [0.3, 0.4) is 0 Å². The number of carbonyl (C=O) groups is 1. The van der Waals surface area contributed by atoms with Gasteiger partial charge in [-0.3, -0.25) is 4.79 Å². The van der Waals surface area contributed by atoms with Gasteiger partial charge in [-0.1, -0.05) is 12.8 Å². The first-order valence-corrected chi connectivity index (χ1v) is 6.21. The topological polar surface area (TPSA) is 38.1 Å². The molecule has 1 aromatic rings. The van der Waals surface area contributed by atoms with Gasteiger partial charge in [-0.25, -0.2) is 4.98 Å². The molecule has 0 aromatic carbocycles. The van der Waals surface area contributed by atoms with Gasteiger partial charge in [0.2, 0.25) is 5.91 Å². The number of carbonyl (C=O) groups excluding carboxylic acids is 1.